The first-order valence-electron chi connectivity index (χ1n) is 16.0. The van der Waals surface area contributed by atoms with Crippen molar-refractivity contribution < 1.29 is 18.7 Å². The first-order valence-corrected chi connectivity index (χ1v) is 16.0. The molecular weight excluding hydrogens is 575 g/mol. The third kappa shape index (κ3) is 5.75. The highest BCUT2D eigenvalue weighted by Crippen LogP contribution is 2.39. The van der Waals surface area contributed by atoms with Gasteiger partial charge >= 0.3 is 6.09 Å². The Morgan fingerprint density at radius 1 is 1.11 bits per heavy atom. The number of aromatic amines is 1. The number of piperidine rings is 1. The standard InChI is InChI=1S/C34H39FN6O4/c1-33(12-4-15-36-20-33)40-32(43)44-18-11-23-8-2-7-22-9-3-10-24(26(22)23)28-27(35)29-25(19-37-28)30(42)39-31(38-29)45-21-34-13-5-16-41(34)17-6-14-34/h2-3,7-10,19,36H,4-6,11-18,20-21H2,1H3,(H,40,43)(H,38,39,42). The van der Waals surface area contributed by atoms with Crippen molar-refractivity contribution in [3.8, 4) is 17.3 Å². The summed E-state index contributed by atoms with van der Waals surface area (Å²) >= 11 is 0. The van der Waals surface area contributed by atoms with Crippen LogP contribution in [-0.2, 0) is 11.2 Å². The van der Waals surface area contributed by atoms with Crippen molar-refractivity contribution in [3.63, 3.8) is 0 Å². The van der Waals surface area contributed by atoms with Gasteiger partial charge in [0.1, 0.15) is 17.8 Å². The number of hydrogen-bond acceptors (Lipinski definition) is 8. The zero-order valence-corrected chi connectivity index (χ0v) is 25.6. The van der Waals surface area contributed by atoms with E-state index in [1.54, 1.807) is 0 Å². The molecule has 0 aliphatic carbocycles. The summed E-state index contributed by atoms with van der Waals surface area (Å²) in [4.78, 5) is 39.5. The van der Waals surface area contributed by atoms with Crippen molar-refractivity contribution in [2.75, 3.05) is 39.4 Å². The molecule has 1 amide bonds. The van der Waals surface area contributed by atoms with Gasteiger partial charge in [-0.1, -0.05) is 36.4 Å². The van der Waals surface area contributed by atoms with Crippen LogP contribution >= 0.6 is 0 Å². The maximum absolute atomic E-state index is 16.3. The van der Waals surface area contributed by atoms with Crippen LogP contribution in [0.25, 0.3) is 32.9 Å². The quantitative estimate of drug-likeness (QED) is 0.261. The summed E-state index contributed by atoms with van der Waals surface area (Å²) in [6, 6.07) is 11.5. The van der Waals surface area contributed by atoms with E-state index in [2.05, 4.69) is 30.5 Å². The Balaban J connectivity index is 1.15. The normalized spacial score (nSPS) is 21.2. The molecule has 3 saturated heterocycles. The van der Waals surface area contributed by atoms with Crippen LogP contribution in [0.1, 0.15) is 51.0 Å². The maximum atomic E-state index is 16.3. The molecule has 3 N–H and O–H groups in total. The molecule has 1 atom stereocenters. The largest absolute Gasteiger partial charge is 0.463 e. The minimum atomic E-state index is -0.683. The molecule has 3 fully saturated rings. The highest BCUT2D eigenvalue weighted by Gasteiger charge is 2.45. The molecular formula is C34H39FN6O4. The number of rotatable bonds is 8. The second kappa shape index (κ2) is 12.0. The lowest BCUT2D eigenvalue weighted by Gasteiger charge is -2.34. The van der Waals surface area contributed by atoms with Crippen molar-refractivity contribution in [1.29, 1.82) is 0 Å². The number of H-pyrrole nitrogens is 1. The van der Waals surface area contributed by atoms with E-state index in [1.807, 2.05) is 43.3 Å². The van der Waals surface area contributed by atoms with Gasteiger partial charge in [0.05, 0.1) is 23.1 Å². The van der Waals surface area contributed by atoms with Gasteiger partial charge in [-0.15, -0.1) is 0 Å². The number of hydrogen-bond donors (Lipinski definition) is 3. The lowest BCUT2D eigenvalue weighted by molar-refractivity contribution is 0.107. The number of ether oxygens (including phenoxy) is 2. The predicted octanol–water partition coefficient (Wildman–Crippen LogP) is 4.70. The Labute approximate surface area is 260 Å². The number of carbonyl (C=O) groups is 1. The Morgan fingerprint density at radius 2 is 1.91 bits per heavy atom. The molecule has 10 nitrogen and oxygen atoms in total. The molecule has 0 bridgehead atoms. The summed E-state index contributed by atoms with van der Waals surface area (Å²) in [6.45, 7) is 6.34. The number of aromatic nitrogens is 3. The second-order valence-electron chi connectivity index (χ2n) is 12.9. The van der Waals surface area contributed by atoms with Crippen LogP contribution in [0.2, 0.25) is 0 Å². The summed E-state index contributed by atoms with van der Waals surface area (Å²) in [5.41, 5.74) is 0.612. The fourth-order valence-electron chi connectivity index (χ4n) is 7.49. The Morgan fingerprint density at radius 3 is 2.69 bits per heavy atom. The van der Waals surface area contributed by atoms with Crippen molar-refractivity contribution in [3.05, 3.63) is 64.3 Å². The number of pyridine rings is 1. The van der Waals surface area contributed by atoms with Crippen molar-refractivity contribution in [2.45, 2.75) is 62.9 Å². The summed E-state index contributed by atoms with van der Waals surface area (Å²) in [7, 11) is 0. The van der Waals surface area contributed by atoms with Gasteiger partial charge in [-0.2, -0.15) is 4.98 Å². The summed E-state index contributed by atoms with van der Waals surface area (Å²) in [5, 5.41) is 8.07. The van der Waals surface area contributed by atoms with Crippen LogP contribution in [0.5, 0.6) is 6.01 Å². The zero-order valence-electron chi connectivity index (χ0n) is 25.6. The van der Waals surface area contributed by atoms with E-state index in [4.69, 9.17) is 9.47 Å². The van der Waals surface area contributed by atoms with Crippen LogP contribution in [-0.4, -0.2) is 76.4 Å². The van der Waals surface area contributed by atoms with E-state index in [9.17, 15) is 9.59 Å². The van der Waals surface area contributed by atoms with E-state index in [-0.39, 0.29) is 40.3 Å². The van der Waals surface area contributed by atoms with Crippen LogP contribution in [0.15, 0.2) is 47.4 Å². The first kappa shape index (κ1) is 29.6. The molecule has 0 spiro atoms. The molecule has 4 aromatic rings. The lowest BCUT2D eigenvalue weighted by atomic mass is 9.93. The van der Waals surface area contributed by atoms with Gasteiger partial charge in [-0.3, -0.25) is 19.7 Å². The molecule has 5 heterocycles. The van der Waals surface area contributed by atoms with Crippen LogP contribution in [0.4, 0.5) is 9.18 Å². The van der Waals surface area contributed by atoms with E-state index in [0.717, 1.165) is 74.5 Å². The van der Waals surface area contributed by atoms with E-state index in [0.29, 0.717) is 25.1 Å². The molecule has 236 valence electrons. The highest BCUT2D eigenvalue weighted by molar-refractivity contribution is 5.99. The van der Waals surface area contributed by atoms with Gasteiger partial charge in [0.25, 0.3) is 11.6 Å². The molecule has 1 unspecified atom stereocenters. The van der Waals surface area contributed by atoms with E-state index < -0.39 is 17.5 Å². The fraction of sp³-hybridized carbons (Fsp3) is 0.471. The third-order valence-electron chi connectivity index (χ3n) is 9.81. The molecule has 11 heteroatoms. The number of benzene rings is 2. The van der Waals surface area contributed by atoms with Crippen LogP contribution < -0.4 is 20.9 Å². The SMILES string of the molecule is CC1(NC(=O)OCCc2cccc3cccc(-c4ncc5c(=O)[nH]c(OCC67CCCN6CCC7)nc5c4F)c23)CCCNC1. The smallest absolute Gasteiger partial charge is 0.407 e. The van der Waals surface area contributed by atoms with Gasteiger partial charge < -0.3 is 20.1 Å². The second-order valence-corrected chi connectivity index (χ2v) is 12.9. The number of nitrogens with zero attached hydrogens (tertiary/aromatic N) is 3. The summed E-state index contributed by atoms with van der Waals surface area (Å²) in [6.07, 6.45) is 7.56. The van der Waals surface area contributed by atoms with E-state index >= 15 is 4.39 Å². The van der Waals surface area contributed by atoms with Gasteiger partial charge in [-0.25, -0.2) is 9.18 Å². The average Bonchev–Trinajstić information content (AvgIpc) is 3.61. The first-order chi connectivity index (χ1) is 21.8. The van der Waals surface area contributed by atoms with Crippen LogP contribution in [0.3, 0.4) is 0 Å². The monoisotopic (exact) mass is 614 g/mol. The zero-order chi connectivity index (χ0) is 31.0. The predicted molar refractivity (Wildman–Crippen MR) is 170 cm³/mol. The summed E-state index contributed by atoms with van der Waals surface area (Å²) in [5.74, 6) is -0.683. The molecule has 2 aromatic heterocycles. The number of carbonyl (C=O) groups excluding carboxylic acids is 1. The number of alkyl carbamates (subject to hydrolysis) is 1. The van der Waals surface area contributed by atoms with Crippen LogP contribution in [0, 0.1) is 5.82 Å². The average molecular weight is 615 g/mol. The Hall–Kier alpha value is -4.09. The van der Waals surface area contributed by atoms with Gasteiger partial charge in [0.2, 0.25) is 0 Å². The van der Waals surface area contributed by atoms with Crippen molar-refractivity contribution >= 4 is 27.8 Å². The number of nitrogens with one attached hydrogen (secondary N) is 3. The number of fused-ring (bicyclic) bond motifs is 3. The minimum Gasteiger partial charge on any atom is -0.463 e. The van der Waals surface area contributed by atoms with E-state index in [1.165, 1.54) is 6.20 Å². The Bertz CT molecular complexity index is 1790. The number of halogens is 1. The summed E-state index contributed by atoms with van der Waals surface area (Å²) < 4.78 is 27.9. The van der Waals surface area contributed by atoms with Gasteiger partial charge in [0.15, 0.2) is 5.82 Å². The topological polar surface area (TPSA) is 121 Å². The van der Waals surface area contributed by atoms with Gasteiger partial charge in [0, 0.05) is 24.7 Å². The molecule has 0 radical (unpaired) electrons. The van der Waals surface area contributed by atoms with Crippen molar-refractivity contribution in [2.24, 2.45) is 0 Å². The molecule has 2 aromatic carbocycles. The number of amides is 1. The molecule has 0 saturated carbocycles. The van der Waals surface area contributed by atoms with Gasteiger partial charge in [-0.05, 0) is 81.4 Å². The minimum absolute atomic E-state index is 0.0172. The lowest BCUT2D eigenvalue weighted by Crippen LogP contribution is -2.55. The Kier molecular flexibility index (Phi) is 7.91. The van der Waals surface area contributed by atoms with Crippen molar-refractivity contribution in [1.82, 2.24) is 30.5 Å². The maximum Gasteiger partial charge on any atom is 0.407 e. The molecule has 3 aliphatic heterocycles. The highest BCUT2D eigenvalue weighted by atomic mass is 19.1. The third-order valence-corrected chi connectivity index (χ3v) is 9.81. The molecule has 3 aliphatic rings. The molecule has 45 heavy (non-hydrogen) atoms. The molecule has 7 rings (SSSR count). The fourth-order valence-corrected chi connectivity index (χ4v) is 7.49.